The molecule has 0 bridgehead atoms. The normalized spacial score (nSPS) is 11.6. The molecule has 0 fully saturated rings. The number of hydrogen-bond acceptors (Lipinski definition) is 4. The van der Waals surface area contributed by atoms with E-state index < -0.39 is 0 Å². The van der Waals surface area contributed by atoms with Gasteiger partial charge in [-0.2, -0.15) is 5.10 Å². The molecule has 2 aromatic rings. The SMILES string of the molecule is CCC(CC)(CO)CNc1cccc(-c2n[nH]c(C)n2)c1. The highest BCUT2D eigenvalue weighted by molar-refractivity contribution is 5.62. The lowest BCUT2D eigenvalue weighted by molar-refractivity contribution is 0.127. The molecule has 0 saturated carbocycles. The summed E-state index contributed by atoms with van der Waals surface area (Å²) in [6.07, 6.45) is 1.90. The average molecular weight is 288 g/mol. The molecule has 0 saturated heterocycles. The van der Waals surface area contributed by atoms with Gasteiger partial charge in [0.05, 0.1) is 6.61 Å². The first-order valence-corrected chi connectivity index (χ1v) is 7.46. The van der Waals surface area contributed by atoms with Crippen LogP contribution in [0.2, 0.25) is 0 Å². The Balaban J connectivity index is 2.11. The molecule has 0 amide bonds. The maximum Gasteiger partial charge on any atom is 0.181 e. The molecule has 5 nitrogen and oxygen atoms in total. The Morgan fingerprint density at radius 2 is 2.05 bits per heavy atom. The molecule has 1 aromatic heterocycles. The number of aromatic nitrogens is 3. The molecule has 0 atom stereocenters. The van der Waals surface area contributed by atoms with Crippen LogP contribution in [0.5, 0.6) is 0 Å². The lowest BCUT2D eigenvalue weighted by atomic mass is 9.83. The molecule has 0 unspecified atom stereocenters. The number of aliphatic hydroxyl groups is 1. The molecule has 1 aromatic carbocycles. The third kappa shape index (κ3) is 3.61. The monoisotopic (exact) mass is 288 g/mol. The summed E-state index contributed by atoms with van der Waals surface area (Å²) in [6.45, 7) is 7.08. The van der Waals surface area contributed by atoms with E-state index in [1.54, 1.807) is 0 Å². The van der Waals surface area contributed by atoms with E-state index in [0.717, 1.165) is 36.5 Å². The Bertz CT molecular complexity index is 567. The van der Waals surface area contributed by atoms with Crippen LogP contribution in [0.1, 0.15) is 32.5 Å². The Morgan fingerprint density at radius 3 is 2.62 bits per heavy atom. The van der Waals surface area contributed by atoms with Crippen LogP contribution in [-0.2, 0) is 0 Å². The van der Waals surface area contributed by atoms with Crippen molar-refractivity contribution in [3.05, 3.63) is 30.1 Å². The molecule has 114 valence electrons. The van der Waals surface area contributed by atoms with Crippen LogP contribution in [-0.4, -0.2) is 33.4 Å². The number of aliphatic hydroxyl groups excluding tert-OH is 1. The number of aryl methyl sites for hydroxylation is 1. The van der Waals surface area contributed by atoms with Crippen LogP contribution < -0.4 is 5.32 Å². The predicted molar refractivity (Wildman–Crippen MR) is 85.1 cm³/mol. The van der Waals surface area contributed by atoms with E-state index in [0.29, 0.717) is 5.82 Å². The second-order valence-corrected chi connectivity index (χ2v) is 5.54. The van der Waals surface area contributed by atoms with Crippen molar-refractivity contribution in [1.29, 1.82) is 0 Å². The van der Waals surface area contributed by atoms with Crippen LogP contribution in [0, 0.1) is 12.3 Å². The number of rotatable bonds is 7. The topological polar surface area (TPSA) is 73.8 Å². The predicted octanol–water partition coefficient (Wildman–Crippen LogP) is 2.99. The first kappa shape index (κ1) is 15.5. The van der Waals surface area contributed by atoms with E-state index in [1.807, 2.05) is 31.2 Å². The molecule has 0 aliphatic carbocycles. The molecular weight excluding hydrogens is 264 g/mol. The minimum absolute atomic E-state index is 0.0584. The standard InChI is InChI=1S/C16H24N4O/c1-4-16(5-2,11-21)10-17-14-8-6-7-13(9-14)15-18-12(3)19-20-15/h6-9,17,21H,4-5,10-11H2,1-3H3,(H,18,19,20). The lowest BCUT2D eigenvalue weighted by Gasteiger charge is -2.30. The fourth-order valence-electron chi connectivity index (χ4n) is 2.31. The molecule has 21 heavy (non-hydrogen) atoms. The van der Waals surface area contributed by atoms with Crippen molar-refractivity contribution >= 4 is 5.69 Å². The minimum atomic E-state index is -0.0584. The number of benzene rings is 1. The maximum absolute atomic E-state index is 9.63. The number of nitrogens with zero attached hydrogens (tertiary/aromatic N) is 2. The molecule has 0 spiro atoms. The number of aromatic amines is 1. The minimum Gasteiger partial charge on any atom is -0.396 e. The van der Waals surface area contributed by atoms with Crippen LogP contribution in [0.3, 0.4) is 0 Å². The van der Waals surface area contributed by atoms with Crippen molar-refractivity contribution in [3.8, 4) is 11.4 Å². The highest BCUT2D eigenvalue weighted by atomic mass is 16.3. The van der Waals surface area contributed by atoms with Gasteiger partial charge >= 0.3 is 0 Å². The molecule has 5 heteroatoms. The van der Waals surface area contributed by atoms with Crippen molar-refractivity contribution in [2.45, 2.75) is 33.6 Å². The van der Waals surface area contributed by atoms with Crippen molar-refractivity contribution in [1.82, 2.24) is 15.2 Å². The van der Waals surface area contributed by atoms with Crippen molar-refractivity contribution in [3.63, 3.8) is 0 Å². The van der Waals surface area contributed by atoms with Gasteiger partial charge in [-0.05, 0) is 31.9 Å². The molecule has 1 heterocycles. The van der Waals surface area contributed by atoms with E-state index in [-0.39, 0.29) is 12.0 Å². The van der Waals surface area contributed by atoms with Gasteiger partial charge in [0, 0.05) is 23.2 Å². The number of hydrogen-bond donors (Lipinski definition) is 3. The van der Waals surface area contributed by atoms with E-state index in [2.05, 4.69) is 34.3 Å². The fourth-order valence-corrected chi connectivity index (χ4v) is 2.31. The quantitative estimate of drug-likeness (QED) is 0.732. The van der Waals surface area contributed by atoms with Crippen LogP contribution in [0.4, 0.5) is 5.69 Å². The summed E-state index contributed by atoms with van der Waals surface area (Å²) in [5.41, 5.74) is 1.94. The smallest absolute Gasteiger partial charge is 0.181 e. The highest BCUT2D eigenvalue weighted by Gasteiger charge is 2.24. The Hall–Kier alpha value is -1.88. The van der Waals surface area contributed by atoms with Gasteiger partial charge in [0.1, 0.15) is 5.82 Å². The third-order valence-electron chi connectivity index (χ3n) is 4.22. The molecule has 0 radical (unpaired) electrons. The summed E-state index contributed by atoms with van der Waals surface area (Å²) in [5, 5.41) is 20.1. The number of nitrogens with one attached hydrogen (secondary N) is 2. The largest absolute Gasteiger partial charge is 0.396 e. The zero-order valence-electron chi connectivity index (χ0n) is 13.0. The van der Waals surface area contributed by atoms with Crippen molar-refractivity contribution in [2.75, 3.05) is 18.5 Å². The van der Waals surface area contributed by atoms with Gasteiger partial charge in [0.2, 0.25) is 0 Å². The Morgan fingerprint density at radius 1 is 1.29 bits per heavy atom. The highest BCUT2D eigenvalue weighted by Crippen LogP contribution is 2.27. The number of H-pyrrole nitrogens is 1. The second-order valence-electron chi connectivity index (χ2n) is 5.54. The number of anilines is 1. The van der Waals surface area contributed by atoms with E-state index >= 15 is 0 Å². The van der Waals surface area contributed by atoms with E-state index in [9.17, 15) is 5.11 Å². The summed E-state index contributed by atoms with van der Waals surface area (Å²) in [7, 11) is 0. The Kier molecular flexibility index (Phi) is 4.96. The average Bonchev–Trinajstić information content (AvgIpc) is 2.96. The second kappa shape index (κ2) is 6.72. The zero-order valence-corrected chi connectivity index (χ0v) is 13.0. The first-order valence-electron chi connectivity index (χ1n) is 7.46. The summed E-state index contributed by atoms with van der Waals surface area (Å²) >= 11 is 0. The Labute approximate surface area is 125 Å². The van der Waals surface area contributed by atoms with Crippen molar-refractivity contribution < 1.29 is 5.11 Å². The fraction of sp³-hybridized carbons (Fsp3) is 0.500. The summed E-state index contributed by atoms with van der Waals surface area (Å²) in [4.78, 5) is 4.34. The van der Waals surface area contributed by atoms with Crippen LogP contribution in [0.25, 0.3) is 11.4 Å². The summed E-state index contributed by atoms with van der Waals surface area (Å²) in [6, 6.07) is 8.04. The van der Waals surface area contributed by atoms with Gasteiger partial charge in [-0.1, -0.05) is 26.0 Å². The van der Waals surface area contributed by atoms with Gasteiger partial charge in [-0.3, -0.25) is 5.10 Å². The van der Waals surface area contributed by atoms with Gasteiger partial charge < -0.3 is 10.4 Å². The van der Waals surface area contributed by atoms with E-state index in [1.165, 1.54) is 0 Å². The molecule has 0 aliphatic rings. The van der Waals surface area contributed by atoms with Gasteiger partial charge in [0.25, 0.3) is 0 Å². The van der Waals surface area contributed by atoms with Crippen molar-refractivity contribution in [2.24, 2.45) is 5.41 Å². The molecule has 3 N–H and O–H groups in total. The van der Waals surface area contributed by atoms with Gasteiger partial charge in [0.15, 0.2) is 5.82 Å². The molecule has 0 aliphatic heterocycles. The first-order chi connectivity index (χ1) is 10.1. The zero-order chi connectivity index (χ0) is 15.3. The third-order valence-corrected chi connectivity index (χ3v) is 4.22. The molecular formula is C16H24N4O. The summed E-state index contributed by atoms with van der Waals surface area (Å²) in [5.74, 6) is 1.51. The summed E-state index contributed by atoms with van der Waals surface area (Å²) < 4.78 is 0. The van der Waals surface area contributed by atoms with Crippen LogP contribution >= 0.6 is 0 Å². The maximum atomic E-state index is 9.63. The van der Waals surface area contributed by atoms with Gasteiger partial charge in [-0.15, -0.1) is 0 Å². The van der Waals surface area contributed by atoms with Gasteiger partial charge in [-0.25, -0.2) is 4.98 Å². The van der Waals surface area contributed by atoms with E-state index in [4.69, 9.17) is 0 Å². The van der Waals surface area contributed by atoms with Crippen LogP contribution in [0.15, 0.2) is 24.3 Å². The lowest BCUT2D eigenvalue weighted by Crippen LogP contribution is -2.32. The molecule has 2 rings (SSSR count).